The van der Waals surface area contributed by atoms with E-state index in [-0.39, 0.29) is 5.91 Å². The predicted octanol–water partition coefficient (Wildman–Crippen LogP) is 3.35. The molecule has 1 amide bonds. The highest BCUT2D eigenvalue weighted by Gasteiger charge is 2.35. The lowest BCUT2D eigenvalue weighted by molar-refractivity contribution is 0.0916. The number of nitriles is 1. The van der Waals surface area contributed by atoms with Gasteiger partial charge in [-0.2, -0.15) is 5.26 Å². The molecule has 1 fully saturated rings. The molecule has 1 saturated carbocycles. The van der Waals surface area contributed by atoms with Gasteiger partial charge in [0.05, 0.1) is 6.07 Å². The van der Waals surface area contributed by atoms with Crippen molar-refractivity contribution in [1.29, 1.82) is 5.26 Å². The molecule has 3 rings (SSSR count). The Labute approximate surface area is 124 Å². The van der Waals surface area contributed by atoms with Crippen molar-refractivity contribution in [2.75, 3.05) is 0 Å². The Morgan fingerprint density at radius 3 is 2.67 bits per heavy atom. The van der Waals surface area contributed by atoms with Crippen molar-refractivity contribution in [3.63, 3.8) is 0 Å². The van der Waals surface area contributed by atoms with E-state index in [2.05, 4.69) is 22.4 Å². The molecule has 0 atom stereocenters. The average Bonchev–Trinajstić information content (AvgIpc) is 3.05. The number of hydrogen-bond acceptors (Lipinski definition) is 2. The fraction of sp³-hybridized carbons (Fsp3) is 0.412. The number of carbonyl (C=O) groups excluding carboxylic acids is 1. The fourth-order valence-corrected chi connectivity index (χ4v) is 3.25. The summed E-state index contributed by atoms with van der Waals surface area (Å²) >= 11 is 0. The third kappa shape index (κ3) is 2.40. The number of rotatable bonds is 2. The number of aromatic amines is 1. The number of aromatic nitrogens is 1. The van der Waals surface area contributed by atoms with Crippen LogP contribution < -0.4 is 5.32 Å². The molecule has 21 heavy (non-hydrogen) atoms. The van der Waals surface area contributed by atoms with Gasteiger partial charge in [0.1, 0.15) is 11.2 Å². The summed E-state index contributed by atoms with van der Waals surface area (Å²) < 4.78 is 0. The van der Waals surface area contributed by atoms with E-state index < -0.39 is 5.54 Å². The Bertz CT molecular complexity index is 745. The lowest BCUT2D eigenvalue weighted by Gasteiger charge is -2.21. The summed E-state index contributed by atoms with van der Waals surface area (Å²) in [4.78, 5) is 15.6. The SMILES string of the molecule is Cc1cc(C)c2cc(C(=O)NC3(C#N)CCCC3)[nH]c2c1. The van der Waals surface area contributed by atoms with Crippen molar-refractivity contribution in [2.24, 2.45) is 0 Å². The van der Waals surface area contributed by atoms with Crippen LogP contribution in [0.5, 0.6) is 0 Å². The third-order valence-corrected chi connectivity index (χ3v) is 4.36. The quantitative estimate of drug-likeness (QED) is 0.886. The minimum absolute atomic E-state index is 0.188. The van der Waals surface area contributed by atoms with Gasteiger partial charge in [-0.3, -0.25) is 4.79 Å². The van der Waals surface area contributed by atoms with Crippen LogP contribution >= 0.6 is 0 Å². The number of amides is 1. The first-order valence-corrected chi connectivity index (χ1v) is 7.37. The molecule has 0 radical (unpaired) electrons. The largest absolute Gasteiger partial charge is 0.351 e. The normalized spacial score (nSPS) is 16.8. The first-order chi connectivity index (χ1) is 10.0. The van der Waals surface area contributed by atoms with Crippen LogP contribution in [0.25, 0.3) is 10.9 Å². The van der Waals surface area contributed by atoms with Crippen molar-refractivity contribution in [2.45, 2.75) is 45.1 Å². The van der Waals surface area contributed by atoms with E-state index in [1.54, 1.807) is 0 Å². The Morgan fingerprint density at radius 1 is 1.29 bits per heavy atom. The Balaban J connectivity index is 1.92. The average molecular weight is 281 g/mol. The van der Waals surface area contributed by atoms with Crippen LogP contribution in [-0.2, 0) is 0 Å². The van der Waals surface area contributed by atoms with Gasteiger partial charge in [0, 0.05) is 10.9 Å². The maximum atomic E-state index is 12.4. The molecule has 0 spiro atoms. The van der Waals surface area contributed by atoms with Crippen LogP contribution in [0.2, 0.25) is 0 Å². The molecule has 4 nitrogen and oxygen atoms in total. The summed E-state index contributed by atoms with van der Waals surface area (Å²) in [5.41, 5.74) is 3.13. The molecule has 1 aliphatic carbocycles. The lowest BCUT2D eigenvalue weighted by atomic mass is 10.00. The minimum atomic E-state index is -0.681. The molecule has 108 valence electrons. The summed E-state index contributed by atoms with van der Waals surface area (Å²) in [5.74, 6) is -0.188. The van der Waals surface area contributed by atoms with Crippen LogP contribution in [-0.4, -0.2) is 16.4 Å². The number of nitrogens with one attached hydrogen (secondary N) is 2. The van der Waals surface area contributed by atoms with E-state index in [0.29, 0.717) is 5.69 Å². The Morgan fingerprint density at radius 2 is 2.00 bits per heavy atom. The van der Waals surface area contributed by atoms with Crippen LogP contribution in [0.15, 0.2) is 18.2 Å². The predicted molar refractivity (Wildman–Crippen MR) is 82.1 cm³/mol. The number of carbonyl (C=O) groups is 1. The van der Waals surface area contributed by atoms with Gasteiger partial charge < -0.3 is 10.3 Å². The van der Waals surface area contributed by atoms with Crippen molar-refractivity contribution in [3.8, 4) is 6.07 Å². The highest BCUT2D eigenvalue weighted by molar-refractivity contribution is 5.99. The maximum Gasteiger partial charge on any atom is 0.268 e. The molecule has 2 N–H and O–H groups in total. The Kier molecular flexibility index (Phi) is 3.21. The maximum absolute atomic E-state index is 12.4. The van der Waals surface area contributed by atoms with Crippen molar-refractivity contribution >= 4 is 16.8 Å². The first kappa shape index (κ1) is 13.7. The molecule has 4 heteroatoms. The Hall–Kier alpha value is -2.28. The molecule has 0 aliphatic heterocycles. The number of hydrogen-bond donors (Lipinski definition) is 2. The molecular formula is C17H19N3O. The minimum Gasteiger partial charge on any atom is -0.351 e. The van der Waals surface area contributed by atoms with Gasteiger partial charge in [-0.25, -0.2) is 0 Å². The van der Waals surface area contributed by atoms with E-state index in [0.717, 1.165) is 47.7 Å². The summed E-state index contributed by atoms with van der Waals surface area (Å²) in [6.07, 6.45) is 3.49. The van der Waals surface area contributed by atoms with E-state index in [4.69, 9.17) is 0 Å². The van der Waals surface area contributed by atoms with Gasteiger partial charge in [-0.05, 0) is 62.8 Å². The molecule has 1 aromatic heterocycles. The topological polar surface area (TPSA) is 68.7 Å². The van der Waals surface area contributed by atoms with Crippen molar-refractivity contribution in [3.05, 3.63) is 35.0 Å². The van der Waals surface area contributed by atoms with Gasteiger partial charge in [-0.15, -0.1) is 0 Å². The summed E-state index contributed by atoms with van der Waals surface area (Å²) in [6, 6.07) is 8.30. The number of nitrogens with zero attached hydrogens (tertiary/aromatic N) is 1. The smallest absolute Gasteiger partial charge is 0.268 e. The molecule has 0 unspecified atom stereocenters. The summed E-state index contributed by atoms with van der Waals surface area (Å²) in [6.45, 7) is 4.08. The monoisotopic (exact) mass is 281 g/mol. The highest BCUT2D eigenvalue weighted by atomic mass is 16.2. The molecule has 1 aliphatic rings. The number of benzene rings is 1. The van der Waals surface area contributed by atoms with E-state index in [9.17, 15) is 10.1 Å². The summed E-state index contributed by atoms with van der Waals surface area (Å²) in [7, 11) is 0. The highest BCUT2D eigenvalue weighted by Crippen LogP contribution is 2.29. The van der Waals surface area contributed by atoms with Gasteiger partial charge in [0.2, 0.25) is 0 Å². The lowest BCUT2D eigenvalue weighted by Crippen LogP contribution is -2.45. The van der Waals surface area contributed by atoms with Gasteiger partial charge in [-0.1, -0.05) is 6.07 Å². The fourth-order valence-electron chi connectivity index (χ4n) is 3.25. The van der Waals surface area contributed by atoms with Crippen LogP contribution in [0.3, 0.4) is 0 Å². The van der Waals surface area contributed by atoms with Crippen LogP contribution in [0, 0.1) is 25.2 Å². The number of H-pyrrole nitrogens is 1. The number of fused-ring (bicyclic) bond motifs is 1. The van der Waals surface area contributed by atoms with E-state index in [1.807, 2.05) is 26.0 Å². The second kappa shape index (κ2) is 4.92. The van der Waals surface area contributed by atoms with Gasteiger partial charge in [0.15, 0.2) is 0 Å². The second-order valence-electron chi connectivity index (χ2n) is 6.08. The second-order valence-corrected chi connectivity index (χ2v) is 6.08. The molecule has 2 aromatic rings. The van der Waals surface area contributed by atoms with E-state index >= 15 is 0 Å². The molecule has 1 aromatic carbocycles. The first-order valence-electron chi connectivity index (χ1n) is 7.37. The third-order valence-electron chi connectivity index (χ3n) is 4.36. The van der Waals surface area contributed by atoms with Gasteiger partial charge in [0.25, 0.3) is 5.91 Å². The van der Waals surface area contributed by atoms with E-state index in [1.165, 1.54) is 0 Å². The summed E-state index contributed by atoms with van der Waals surface area (Å²) in [5, 5.41) is 13.3. The molecule has 0 bridgehead atoms. The van der Waals surface area contributed by atoms with Crippen LogP contribution in [0.4, 0.5) is 0 Å². The standard InChI is InChI=1S/C17H19N3O/c1-11-7-12(2)13-9-15(19-14(13)8-11)16(21)20-17(10-18)5-3-4-6-17/h7-9,19H,3-6H2,1-2H3,(H,20,21). The zero-order valence-corrected chi connectivity index (χ0v) is 12.4. The molecule has 1 heterocycles. The molecular weight excluding hydrogens is 262 g/mol. The number of aryl methyl sites for hydroxylation is 2. The van der Waals surface area contributed by atoms with Gasteiger partial charge >= 0.3 is 0 Å². The molecule has 0 saturated heterocycles. The van der Waals surface area contributed by atoms with Crippen molar-refractivity contribution < 1.29 is 4.79 Å². The van der Waals surface area contributed by atoms with Crippen molar-refractivity contribution in [1.82, 2.24) is 10.3 Å². The van der Waals surface area contributed by atoms with Crippen LogP contribution in [0.1, 0.15) is 47.3 Å². The zero-order chi connectivity index (χ0) is 15.0. The zero-order valence-electron chi connectivity index (χ0n) is 12.4.